The summed E-state index contributed by atoms with van der Waals surface area (Å²) in [5.74, 6) is 1.15. The number of ether oxygens (including phenoxy) is 1. The molecule has 7 heteroatoms. The van der Waals surface area contributed by atoms with Crippen LogP contribution in [0.2, 0.25) is 0 Å². The minimum absolute atomic E-state index is 0.0678. The van der Waals surface area contributed by atoms with Crippen LogP contribution in [0.1, 0.15) is 16.8 Å². The maximum absolute atomic E-state index is 12.0. The van der Waals surface area contributed by atoms with Crippen molar-refractivity contribution in [2.24, 2.45) is 0 Å². The summed E-state index contributed by atoms with van der Waals surface area (Å²) in [6, 6.07) is 3.60. The van der Waals surface area contributed by atoms with E-state index in [0.29, 0.717) is 0 Å². The normalized spacial score (nSPS) is 10.7. The molecule has 0 bridgehead atoms. The first-order chi connectivity index (χ1) is 8.92. The van der Waals surface area contributed by atoms with Gasteiger partial charge in [0.1, 0.15) is 10.6 Å². The number of aromatic carboxylic acids is 1. The molecule has 0 saturated heterocycles. The van der Waals surface area contributed by atoms with Crippen LogP contribution in [-0.2, 0) is 10.0 Å². The van der Waals surface area contributed by atoms with Crippen molar-refractivity contribution >= 4 is 16.0 Å². The number of carbonyl (C=O) groups is 1. The highest BCUT2D eigenvalue weighted by Gasteiger charge is 2.20. The molecule has 0 saturated carbocycles. The van der Waals surface area contributed by atoms with Gasteiger partial charge in [0.05, 0.1) is 12.7 Å². The number of rotatable bonds is 6. The maximum atomic E-state index is 12.0. The minimum atomic E-state index is -3.87. The summed E-state index contributed by atoms with van der Waals surface area (Å²) >= 11 is 0. The summed E-state index contributed by atoms with van der Waals surface area (Å²) in [5.41, 5.74) is -0.141. The van der Waals surface area contributed by atoms with Gasteiger partial charge in [-0.1, -0.05) is 0 Å². The topological polar surface area (TPSA) is 92.7 Å². The van der Waals surface area contributed by atoms with Crippen LogP contribution < -0.4 is 9.46 Å². The van der Waals surface area contributed by atoms with E-state index in [2.05, 4.69) is 10.6 Å². The number of carboxylic acid groups (broad SMARTS) is 1. The maximum Gasteiger partial charge on any atom is 0.335 e. The number of benzene rings is 1. The second-order valence-corrected chi connectivity index (χ2v) is 5.26. The van der Waals surface area contributed by atoms with Gasteiger partial charge in [-0.25, -0.2) is 17.9 Å². The molecule has 0 heterocycles. The predicted molar refractivity (Wildman–Crippen MR) is 68.6 cm³/mol. The lowest BCUT2D eigenvalue weighted by molar-refractivity contribution is 0.0696. The van der Waals surface area contributed by atoms with Crippen molar-refractivity contribution in [3.63, 3.8) is 0 Å². The average Bonchev–Trinajstić information content (AvgIpc) is 2.38. The first-order valence-corrected chi connectivity index (χ1v) is 6.75. The molecule has 0 fully saturated rings. The highest BCUT2D eigenvalue weighted by atomic mass is 32.2. The van der Waals surface area contributed by atoms with Crippen LogP contribution in [-0.4, -0.2) is 33.1 Å². The van der Waals surface area contributed by atoms with Crippen LogP contribution in [0.4, 0.5) is 0 Å². The zero-order valence-corrected chi connectivity index (χ0v) is 11.0. The SMILES string of the molecule is C#CCCNS(=O)(=O)c1cc(C(=O)O)ccc1OC. The Kier molecular flexibility index (Phi) is 4.92. The zero-order chi connectivity index (χ0) is 14.5. The quantitative estimate of drug-likeness (QED) is 0.592. The first-order valence-electron chi connectivity index (χ1n) is 5.27. The lowest BCUT2D eigenvalue weighted by Gasteiger charge is -2.10. The summed E-state index contributed by atoms with van der Waals surface area (Å²) in [6.45, 7) is 0.0687. The van der Waals surface area contributed by atoms with E-state index in [4.69, 9.17) is 16.3 Å². The van der Waals surface area contributed by atoms with E-state index in [1.807, 2.05) is 0 Å². The first kappa shape index (κ1) is 15.0. The van der Waals surface area contributed by atoms with Crippen LogP contribution >= 0.6 is 0 Å². The van der Waals surface area contributed by atoms with Crippen LogP contribution in [0.25, 0.3) is 0 Å². The van der Waals surface area contributed by atoms with Crippen molar-refractivity contribution in [1.29, 1.82) is 0 Å². The molecule has 0 atom stereocenters. The molecule has 2 N–H and O–H groups in total. The molecule has 0 aliphatic heterocycles. The molecule has 19 heavy (non-hydrogen) atoms. The van der Waals surface area contributed by atoms with Crippen molar-refractivity contribution < 1.29 is 23.1 Å². The molecular weight excluding hydrogens is 270 g/mol. The van der Waals surface area contributed by atoms with Crippen molar-refractivity contribution in [3.05, 3.63) is 23.8 Å². The summed E-state index contributed by atoms with van der Waals surface area (Å²) in [6.07, 6.45) is 5.27. The number of sulfonamides is 1. The van der Waals surface area contributed by atoms with Crippen molar-refractivity contribution in [1.82, 2.24) is 4.72 Å². The minimum Gasteiger partial charge on any atom is -0.495 e. The molecule has 0 amide bonds. The van der Waals surface area contributed by atoms with Crippen molar-refractivity contribution in [3.8, 4) is 18.1 Å². The fourth-order valence-corrected chi connectivity index (χ4v) is 2.58. The fourth-order valence-electron chi connectivity index (χ4n) is 1.36. The number of hydrogen-bond acceptors (Lipinski definition) is 4. The predicted octanol–water partition coefficient (Wildman–Crippen LogP) is 0.695. The van der Waals surface area contributed by atoms with Gasteiger partial charge in [-0.05, 0) is 18.2 Å². The van der Waals surface area contributed by atoms with Crippen LogP contribution in [0, 0.1) is 12.3 Å². The van der Waals surface area contributed by atoms with E-state index in [-0.39, 0.29) is 29.2 Å². The number of terminal acetylenes is 1. The van der Waals surface area contributed by atoms with Gasteiger partial charge >= 0.3 is 5.97 Å². The molecule has 102 valence electrons. The molecule has 0 radical (unpaired) electrons. The number of methoxy groups -OCH3 is 1. The van der Waals surface area contributed by atoms with Crippen LogP contribution in [0.15, 0.2) is 23.1 Å². The molecule has 0 aliphatic carbocycles. The Balaban J connectivity index is 3.19. The molecule has 1 rings (SSSR count). The summed E-state index contributed by atoms with van der Waals surface area (Å²) in [7, 11) is -2.56. The standard InChI is InChI=1S/C12H13NO5S/c1-3-4-7-13-19(16,17)11-8-9(12(14)15)5-6-10(11)18-2/h1,5-6,8,13H,4,7H2,2H3,(H,14,15). The summed E-state index contributed by atoms with van der Waals surface area (Å²) < 4.78 is 31.2. The summed E-state index contributed by atoms with van der Waals surface area (Å²) in [4.78, 5) is 10.6. The van der Waals surface area contributed by atoms with E-state index in [1.165, 1.54) is 19.2 Å². The van der Waals surface area contributed by atoms with Gasteiger partial charge in [-0.3, -0.25) is 0 Å². The number of hydrogen-bond donors (Lipinski definition) is 2. The molecule has 0 aliphatic rings. The van der Waals surface area contributed by atoms with Crippen LogP contribution in [0.5, 0.6) is 5.75 Å². The van der Waals surface area contributed by atoms with E-state index in [1.54, 1.807) is 0 Å². The molecule has 1 aromatic rings. The van der Waals surface area contributed by atoms with Gasteiger partial charge < -0.3 is 9.84 Å². The Hall–Kier alpha value is -2.04. The molecule has 0 aromatic heterocycles. The van der Waals surface area contributed by atoms with E-state index in [0.717, 1.165) is 6.07 Å². The zero-order valence-electron chi connectivity index (χ0n) is 10.2. The van der Waals surface area contributed by atoms with Crippen molar-refractivity contribution in [2.45, 2.75) is 11.3 Å². The largest absolute Gasteiger partial charge is 0.495 e. The van der Waals surface area contributed by atoms with Gasteiger partial charge in [0, 0.05) is 13.0 Å². The Morgan fingerprint density at radius 2 is 2.21 bits per heavy atom. The molecule has 1 aromatic carbocycles. The highest BCUT2D eigenvalue weighted by Crippen LogP contribution is 2.24. The second-order valence-electron chi connectivity index (χ2n) is 3.52. The van der Waals surface area contributed by atoms with E-state index < -0.39 is 16.0 Å². The average molecular weight is 283 g/mol. The number of carboxylic acids is 1. The van der Waals surface area contributed by atoms with Gasteiger partial charge in [0.25, 0.3) is 0 Å². The molecule has 0 unspecified atom stereocenters. The Morgan fingerprint density at radius 3 is 2.74 bits per heavy atom. The number of nitrogens with one attached hydrogen (secondary N) is 1. The highest BCUT2D eigenvalue weighted by molar-refractivity contribution is 7.89. The third kappa shape index (κ3) is 3.71. The smallest absolute Gasteiger partial charge is 0.335 e. The lowest BCUT2D eigenvalue weighted by Crippen LogP contribution is -2.25. The molecule has 6 nitrogen and oxygen atoms in total. The van der Waals surface area contributed by atoms with Gasteiger partial charge in [0.15, 0.2) is 0 Å². The van der Waals surface area contributed by atoms with Gasteiger partial charge in [0.2, 0.25) is 10.0 Å². The van der Waals surface area contributed by atoms with Gasteiger partial charge in [-0.15, -0.1) is 12.3 Å². The third-order valence-electron chi connectivity index (χ3n) is 2.26. The summed E-state index contributed by atoms with van der Waals surface area (Å²) in [5, 5.41) is 8.87. The molecular formula is C12H13NO5S. The van der Waals surface area contributed by atoms with Crippen LogP contribution in [0.3, 0.4) is 0 Å². The van der Waals surface area contributed by atoms with E-state index >= 15 is 0 Å². The Bertz CT molecular complexity index is 615. The second kappa shape index (κ2) is 6.22. The van der Waals surface area contributed by atoms with Crippen molar-refractivity contribution in [2.75, 3.05) is 13.7 Å². The lowest BCUT2D eigenvalue weighted by atomic mass is 10.2. The fraction of sp³-hybridized carbons (Fsp3) is 0.250. The Morgan fingerprint density at radius 1 is 1.53 bits per heavy atom. The van der Waals surface area contributed by atoms with E-state index in [9.17, 15) is 13.2 Å². The molecule has 0 spiro atoms. The Labute approximate surface area is 111 Å². The van der Waals surface area contributed by atoms with Gasteiger partial charge in [-0.2, -0.15) is 0 Å². The third-order valence-corrected chi connectivity index (χ3v) is 3.74. The monoisotopic (exact) mass is 283 g/mol.